The highest BCUT2D eigenvalue weighted by Gasteiger charge is 2.30. The second kappa shape index (κ2) is 4.79. The molecular formula is C13H11F3N2O. The summed E-state index contributed by atoms with van der Waals surface area (Å²) in [4.78, 5) is 3.99. The molecule has 1 aromatic carbocycles. The number of nitrogen functional groups attached to an aromatic ring is 1. The molecule has 19 heavy (non-hydrogen) atoms. The van der Waals surface area contributed by atoms with Crippen molar-refractivity contribution in [1.29, 1.82) is 0 Å². The Balaban J connectivity index is 2.24. The van der Waals surface area contributed by atoms with Crippen molar-refractivity contribution in [3.8, 4) is 11.6 Å². The molecule has 2 rings (SSSR count). The van der Waals surface area contributed by atoms with E-state index in [0.29, 0.717) is 0 Å². The van der Waals surface area contributed by atoms with Gasteiger partial charge in [-0.05, 0) is 30.7 Å². The molecule has 0 spiro atoms. The highest BCUT2D eigenvalue weighted by Crippen LogP contribution is 2.34. The molecule has 0 aliphatic heterocycles. The smallest absolute Gasteiger partial charge is 0.416 e. The quantitative estimate of drug-likeness (QED) is 0.843. The Morgan fingerprint density at radius 2 is 1.89 bits per heavy atom. The number of pyridine rings is 1. The predicted octanol–water partition coefficient (Wildman–Crippen LogP) is 3.78. The number of anilines is 1. The number of aromatic nitrogens is 1. The van der Waals surface area contributed by atoms with Crippen LogP contribution in [0.5, 0.6) is 11.6 Å². The van der Waals surface area contributed by atoms with Crippen LogP contribution in [-0.4, -0.2) is 4.98 Å². The largest absolute Gasteiger partial charge is 0.437 e. The molecule has 2 N–H and O–H groups in total. The molecule has 2 aromatic rings. The molecule has 0 bridgehead atoms. The minimum atomic E-state index is -4.42. The minimum absolute atomic E-state index is 0.0859. The SMILES string of the molecule is Cc1ccc(Oc2ccc(C(F)(F)F)cc2N)nc1. The maximum Gasteiger partial charge on any atom is 0.416 e. The number of hydrogen-bond acceptors (Lipinski definition) is 3. The molecule has 0 aliphatic carbocycles. The van der Waals surface area contributed by atoms with Crippen LogP contribution in [0, 0.1) is 6.92 Å². The van der Waals surface area contributed by atoms with Crippen molar-refractivity contribution < 1.29 is 17.9 Å². The summed E-state index contributed by atoms with van der Waals surface area (Å²) in [6.07, 6.45) is -2.83. The standard InChI is InChI=1S/C13H11F3N2O/c1-8-2-5-12(18-7-8)19-11-4-3-9(6-10(11)17)13(14,15)16/h2-7H,17H2,1H3. The van der Waals surface area contributed by atoms with Crippen LogP contribution >= 0.6 is 0 Å². The van der Waals surface area contributed by atoms with E-state index in [0.717, 1.165) is 17.7 Å². The number of ether oxygens (including phenoxy) is 1. The molecule has 100 valence electrons. The van der Waals surface area contributed by atoms with Crippen molar-refractivity contribution in [1.82, 2.24) is 4.98 Å². The maximum atomic E-state index is 12.5. The Morgan fingerprint density at radius 3 is 2.42 bits per heavy atom. The number of halogens is 3. The molecule has 0 aliphatic rings. The fourth-order valence-electron chi connectivity index (χ4n) is 1.45. The van der Waals surface area contributed by atoms with E-state index < -0.39 is 11.7 Å². The summed E-state index contributed by atoms with van der Waals surface area (Å²) in [5.74, 6) is 0.418. The number of alkyl halides is 3. The van der Waals surface area contributed by atoms with Crippen LogP contribution in [-0.2, 0) is 6.18 Å². The molecule has 0 amide bonds. The van der Waals surface area contributed by atoms with Crippen molar-refractivity contribution in [2.75, 3.05) is 5.73 Å². The lowest BCUT2D eigenvalue weighted by Crippen LogP contribution is -2.06. The monoisotopic (exact) mass is 268 g/mol. The summed E-state index contributed by atoms with van der Waals surface area (Å²) in [5, 5.41) is 0. The lowest BCUT2D eigenvalue weighted by Gasteiger charge is -2.11. The second-order valence-electron chi connectivity index (χ2n) is 4.03. The summed E-state index contributed by atoms with van der Waals surface area (Å²) >= 11 is 0. The maximum absolute atomic E-state index is 12.5. The van der Waals surface area contributed by atoms with Crippen LogP contribution in [0.15, 0.2) is 36.5 Å². The van der Waals surface area contributed by atoms with Crippen LogP contribution in [0.1, 0.15) is 11.1 Å². The predicted molar refractivity (Wildman–Crippen MR) is 64.9 cm³/mol. The zero-order valence-corrected chi connectivity index (χ0v) is 10.0. The third kappa shape index (κ3) is 3.15. The summed E-state index contributed by atoms with van der Waals surface area (Å²) in [6.45, 7) is 1.86. The topological polar surface area (TPSA) is 48.1 Å². The van der Waals surface area contributed by atoms with Gasteiger partial charge in [-0.2, -0.15) is 13.2 Å². The summed E-state index contributed by atoms with van der Waals surface area (Å²) in [5.41, 5.74) is 5.60. The van der Waals surface area contributed by atoms with Crippen molar-refractivity contribution in [3.05, 3.63) is 47.7 Å². The second-order valence-corrected chi connectivity index (χ2v) is 4.03. The van der Waals surface area contributed by atoms with Gasteiger partial charge in [0, 0.05) is 12.3 Å². The Labute approximate surface area is 107 Å². The number of rotatable bonds is 2. The van der Waals surface area contributed by atoms with E-state index in [1.165, 1.54) is 6.07 Å². The Kier molecular flexibility index (Phi) is 3.33. The van der Waals surface area contributed by atoms with Crippen molar-refractivity contribution in [2.24, 2.45) is 0 Å². The molecule has 6 heteroatoms. The van der Waals surface area contributed by atoms with Gasteiger partial charge in [0.1, 0.15) is 0 Å². The third-order valence-electron chi connectivity index (χ3n) is 2.44. The van der Waals surface area contributed by atoms with Gasteiger partial charge in [-0.1, -0.05) is 6.07 Å². The number of nitrogens with two attached hydrogens (primary N) is 1. The lowest BCUT2D eigenvalue weighted by molar-refractivity contribution is -0.137. The van der Waals surface area contributed by atoms with Gasteiger partial charge in [0.25, 0.3) is 0 Å². The molecule has 1 heterocycles. The average molecular weight is 268 g/mol. The van der Waals surface area contributed by atoms with Gasteiger partial charge in [0.2, 0.25) is 5.88 Å². The first-order valence-corrected chi connectivity index (χ1v) is 5.43. The van der Waals surface area contributed by atoms with E-state index in [-0.39, 0.29) is 17.3 Å². The number of hydrogen-bond donors (Lipinski definition) is 1. The van der Waals surface area contributed by atoms with E-state index in [2.05, 4.69) is 4.98 Å². The Hall–Kier alpha value is -2.24. The minimum Gasteiger partial charge on any atom is -0.437 e. The van der Waals surface area contributed by atoms with Gasteiger partial charge in [0.15, 0.2) is 5.75 Å². The first-order chi connectivity index (χ1) is 8.86. The number of benzene rings is 1. The zero-order chi connectivity index (χ0) is 14.0. The highest BCUT2D eigenvalue weighted by atomic mass is 19.4. The van der Waals surface area contributed by atoms with E-state index in [9.17, 15) is 13.2 Å². The van der Waals surface area contributed by atoms with E-state index >= 15 is 0 Å². The van der Waals surface area contributed by atoms with Crippen molar-refractivity contribution in [3.63, 3.8) is 0 Å². The van der Waals surface area contributed by atoms with Crippen LogP contribution in [0.25, 0.3) is 0 Å². The zero-order valence-electron chi connectivity index (χ0n) is 10.0. The molecule has 1 aromatic heterocycles. The average Bonchev–Trinajstić information content (AvgIpc) is 2.33. The van der Waals surface area contributed by atoms with E-state index in [4.69, 9.17) is 10.5 Å². The van der Waals surface area contributed by atoms with Crippen LogP contribution in [0.3, 0.4) is 0 Å². The van der Waals surface area contributed by atoms with Gasteiger partial charge < -0.3 is 10.5 Å². The first kappa shape index (κ1) is 13.2. The lowest BCUT2D eigenvalue weighted by atomic mass is 10.2. The molecule has 0 saturated carbocycles. The van der Waals surface area contributed by atoms with Gasteiger partial charge >= 0.3 is 6.18 Å². The summed E-state index contributed by atoms with van der Waals surface area (Å²) in [6, 6.07) is 6.33. The Bertz CT molecular complexity index is 579. The molecule has 0 fully saturated rings. The van der Waals surface area contributed by atoms with Crippen LogP contribution < -0.4 is 10.5 Å². The van der Waals surface area contributed by atoms with Gasteiger partial charge in [-0.15, -0.1) is 0 Å². The van der Waals surface area contributed by atoms with Crippen molar-refractivity contribution >= 4 is 5.69 Å². The molecule has 3 nitrogen and oxygen atoms in total. The molecule has 0 radical (unpaired) electrons. The normalized spacial score (nSPS) is 11.4. The summed E-state index contributed by atoms with van der Waals surface area (Å²) < 4.78 is 42.7. The van der Waals surface area contributed by atoms with Crippen LogP contribution in [0.2, 0.25) is 0 Å². The van der Waals surface area contributed by atoms with E-state index in [1.54, 1.807) is 18.3 Å². The molecule has 0 unspecified atom stereocenters. The molecular weight excluding hydrogens is 257 g/mol. The first-order valence-electron chi connectivity index (χ1n) is 5.43. The van der Waals surface area contributed by atoms with Crippen molar-refractivity contribution in [2.45, 2.75) is 13.1 Å². The van der Waals surface area contributed by atoms with Crippen LogP contribution in [0.4, 0.5) is 18.9 Å². The number of aryl methyl sites for hydroxylation is 1. The molecule has 0 atom stereocenters. The number of nitrogens with zero attached hydrogens (tertiary/aromatic N) is 1. The van der Waals surface area contributed by atoms with E-state index in [1.807, 2.05) is 6.92 Å². The highest BCUT2D eigenvalue weighted by molar-refractivity contribution is 5.55. The molecule has 0 saturated heterocycles. The Morgan fingerprint density at radius 1 is 1.16 bits per heavy atom. The van der Waals surface area contributed by atoms with Gasteiger partial charge in [-0.25, -0.2) is 4.98 Å². The third-order valence-corrected chi connectivity index (χ3v) is 2.44. The van der Waals surface area contributed by atoms with Gasteiger partial charge in [-0.3, -0.25) is 0 Å². The van der Waals surface area contributed by atoms with Gasteiger partial charge in [0.05, 0.1) is 11.3 Å². The summed E-state index contributed by atoms with van der Waals surface area (Å²) in [7, 11) is 0. The fourth-order valence-corrected chi connectivity index (χ4v) is 1.45. The fraction of sp³-hybridized carbons (Fsp3) is 0.154.